The van der Waals surface area contributed by atoms with E-state index in [9.17, 15) is 4.79 Å². The second kappa shape index (κ2) is 7.50. The molecular weight excluding hydrogens is 366 g/mol. The van der Waals surface area contributed by atoms with E-state index in [0.717, 1.165) is 35.5 Å². The van der Waals surface area contributed by atoms with Crippen molar-refractivity contribution in [1.29, 1.82) is 0 Å². The average molecular weight is 393 g/mol. The zero-order valence-corrected chi connectivity index (χ0v) is 17.4. The van der Waals surface area contributed by atoms with Gasteiger partial charge in [0.1, 0.15) is 11.5 Å². The molecule has 1 aromatic carbocycles. The molecule has 0 saturated carbocycles. The van der Waals surface area contributed by atoms with Gasteiger partial charge in [-0.25, -0.2) is 0 Å². The third kappa shape index (κ3) is 4.42. The molecule has 29 heavy (non-hydrogen) atoms. The highest BCUT2D eigenvalue weighted by Gasteiger charge is 2.35. The molecular formula is C23H27N3O3. The van der Waals surface area contributed by atoms with Crippen molar-refractivity contribution in [3.05, 3.63) is 58.9 Å². The number of amides is 1. The lowest BCUT2D eigenvalue weighted by Gasteiger charge is -2.34. The fourth-order valence-corrected chi connectivity index (χ4v) is 3.97. The summed E-state index contributed by atoms with van der Waals surface area (Å²) in [4.78, 5) is 12.6. The van der Waals surface area contributed by atoms with Crippen LogP contribution in [0.2, 0.25) is 0 Å². The molecule has 2 aromatic heterocycles. The quantitative estimate of drug-likeness (QED) is 0.679. The Bertz CT molecular complexity index is 1010. The lowest BCUT2D eigenvalue weighted by atomic mass is 9.74. The average Bonchev–Trinajstić information content (AvgIpc) is 3.26. The Morgan fingerprint density at radius 3 is 2.69 bits per heavy atom. The molecule has 0 spiro atoms. The number of hydrogen-bond acceptors (Lipinski definition) is 5. The lowest BCUT2D eigenvalue weighted by molar-refractivity contribution is -0.122. The van der Waals surface area contributed by atoms with Crippen LogP contribution in [0.4, 0.5) is 0 Å². The van der Waals surface area contributed by atoms with Crippen molar-refractivity contribution in [1.82, 2.24) is 15.5 Å². The summed E-state index contributed by atoms with van der Waals surface area (Å²) in [6.07, 6.45) is 2.51. The van der Waals surface area contributed by atoms with Crippen molar-refractivity contribution in [3.8, 4) is 11.5 Å². The Morgan fingerprint density at radius 2 is 1.93 bits per heavy atom. The van der Waals surface area contributed by atoms with Crippen LogP contribution >= 0.6 is 0 Å². The molecule has 1 atom stereocenters. The number of nitrogens with one attached hydrogen (secondary N) is 1. The molecule has 4 rings (SSSR count). The molecule has 0 saturated heterocycles. The summed E-state index contributed by atoms with van der Waals surface area (Å²) in [5, 5.41) is 11.4. The predicted molar refractivity (Wildman–Crippen MR) is 109 cm³/mol. The highest BCUT2D eigenvalue weighted by Crippen LogP contribution is 2.42. The van der Waals surface area contributed by atoms with Crippen molar-refractivity contribution in [3.63, 3.8) is 0 Å². The van der Waals surface area contributed by atoms with Gasteiger partial charge in [0.2, 0.25) is 17.7 Å². The van der Waals surface area contributed by atoms with Crippen molar-refractivity contribution in [2.75, 3.05) is 0 Å². The van der Waals surface area contributed by atoms with E-state index in [-0.39, 0.29) is 17.4 Å². The van der Waals surface area contributed by atoms with Crippen molar-refractivity contribution in [2.24, 2.45) is 5.41 Å². The number of furan rings is 1. The van der Waals surface area contributed by atoms with E-state index in [2.05, 4.69) is 29.4 Å². The minimum absolute atomic E-state index is 0.0208. The summed E-state index contributed by atoms with van der Waals surface area (Å²) < 4.78 is 11.6. The SMILES string of the molecule is Cc1ccc(-c2nnc(CCC(=O)NC3CC(C)(C)Cc4oc(C)cc43)o2)cc1. The molecule has 6 heteroatoms. The van der Waals surface area contributed by atoms with Crippen LogP contribution < -0.4 is 5.32 Å². The van der Waals surface area contributed by atoms with E-state index in [1.54, 1.807) is 0 Å². The van der Waals surface area contributed by atoms with Gasteiger partial charge in [-0.3, -0.25) is 4.79 Å². The van der Waals surface area contributed by atoms with Gasteiger partial charge < -0.3 is 14.2 Å². The first kappa shape index (κ1) is 19.4. The summed E-state index contributed by atoms with van der Waals surface area (Å²) in [6, 6.07) is 9.93. The predicted octanol–water partition coefficient (Wildman–Crippen LogP) is 4.71. The van der Waals surface area contributed by atoms with Crippen LogP contribution in [0.5, 0.6) is 0 Å². The zero-order chi connectivity index (χ0) is 20.6. The van der Waals surface area contributed by atoms with Crippen LogP contribution in [0, 0.1) is 19.3 Å². The van der Waals surface area contributed by atoms with Gasteiger partial charge in [-0.2, -0.15) is 0 Å². The number of aryl methyl sites for hydroxylation is 3. The summed E-state index contributed by atoms with van der Waals surface area (Å²) in [7, 11) is 0. The van der Waals surface area contributed by atoms with Crippen LogP contribution in [0.3, 0.4) is 0 Å². The number of carbonyl (C=O) groups excluding carboxylic acids is 1. The van der Waals surface area contributed by atoms with Gasteiger partial charge in [0, 0.05) is 30.4 Å². The Hall–Kier alpha value is -2.89. The zero-order valence-electron chi connectivity index (χ0n) is 17.4. The third-order valence-corrected chi connectivity index (χ3v) is 5.40. The van der Waals surface area contributed by atoms with E-state index >= 15 is 0 Å². The monoisotopic (exact) mass is 393 g/mol. The summed E-state index contributed by atoms with van der Waals surface area (Å²) in [5.74, 6) is 2.81. The maximum atomic E-state index is 12.6. The van der Waals surface area contributed by atoms with Gasteiger partial charge in [-0.05, 0) is 43.9 Å². The Kier molecular flexibility index (Phi) is 5.03. The van der Waals surface area contributed by atoms with Crippen molar-refractivity contribution >= 4 is 5.91 Å². The molecule has 1 N–H and O–H groups in total. The molecule has 0 radical (unpaired) electrons. The van der Waals surface area contributed by atoms with Crippen LogP contribution in [-0.2, 0) is 17.6 Å². The lowest BCUT2D eigenvalue weighted by Crippen LogP contribution is -2.36. The first-order chi connectivity index (χ1) is 13.8. The maximum Gasteiger partial charge on any atom is 0.247 e. The molecule has 0 bridgehead atoms. The third-order valence-electron chi connectivity index (χ3n) is 5.40. The summed E-state index contributed by atoms with van der Waals surface area (Å²) >= 11 is 0. The maximum absolute atomic E-state index is 12.6. The summed E-state index contributed by atoms with van der Waals surface area (Å²) in [6.45, 7) is 8.39. The normalized spacial score (nSPS) is 17.7. The fraction of sp³-hybridized carbons (Fsp3) is 0.435. The molecule has 0 aliphatic heterocycles. The minimum Gasteiger partial charge on any atom is -0.466 e. The molecule has 1 aliphatic rings. The molecule has 1 unspecified atom stereocenters. The molecule has 1 amide bonds. The van der Waals surface area contributed by atoms with Gasteiger partial charge in [0.25, 0.3) is 0 Å². The second-order valence-electron chi connectivity index (χ2n) is 8.77. The highest BCUT2D eigenvalue weighted by atomic mass is 16.4. The van der Waals surface area contributed by atoms with Crippen molar-refractivity contribution < 1.29 is 13.6 Å². The number of aromatic nitrogens is 2. The number of benzene rings is 1. The number of carbonyl (C=O) groups is 1. The minimum atomic E-state index is -0.0236. The molecule has 1 aliphatic carbocycles. The summed E-state index contributed by atoms with van der Waals surface area (Å²) in [5.41, 5.74) is 3.25. The smallest absolute Gasteiger partial charge is 0.247 e. The van der Waals surface area contributed by atoms with Crippen LogP contribution in [0.25, 0.3) is 11.5 Å². The fourth-order valence-electron chi connectivity index (χ4n) is 3.97. The van der Waals surface area contributed by atoms with Gasteiger partial charge in [-0.15, -0.1) is 10.2 Å². The molecule has 2 heterocycles. The first-order valence-corrected chi connectivity index (χ1v) is 10.1. The largest absolute Gasteiger partial charge is 0.466 e. The standard InChI is InChI=1S/C23H27N3O3/c1-14-5-7-16(8-6-14)22-26-25-21(29-22)10-9-20(27)24-18-12-23(3,4)13-19-17(18)11-15(2)28-19/h5-8,11,18H,9-10,12-13H2,1-4H3,(H,24,27). The number of nitrogens with zero attached hydrogens (tertiary/aromatic N) is 2. The van der Waals surface area contributed by atoms with Crippen LogP contribution in [0.15, 0.2) is 39.2 Å². The Morgan fingerprint density at radius 1 is 1.17 bits per heavy atom. The molecule has 0 fully saturated rings. The van der Waals surface area contributed by atoms with E-state index in [1.807, 2.05) is 44.2 Å². The molecule has 3 aromatic rings. The topological polar surface area (TPSA) is 81.2 Å². The number of rotatable bonds is 5. The Balaban J connectivity index is 1.38. The molecule has 152 valence electrons. The van der Waals surface area contributed by atoms with Gasteiger partial charge in [-0.1, -0.05) is 31.5 Å². The van der Waals surface area contributed by atoms with Crippen LogP contribution in [0.1, 0.15) is 61.3 Å². The van der Waals surface area contributed by atoms with E-state index in [0.29, 0.717) is 24.6 Å². The number of hydrogen-bond donors (Lipinski definition) is 1. The second-order valence-corrected chi connectivity index (χ2v) is 8.77. The first-order valence-electron chi connectivity index (χ1n) is 10.1. The Labute approximate surface area is 170 Å². The van der Waals surface area contributed by atoms with E-state index < -0.39 is 0 Å². The van der Waals surface area contributed by atoms with Gasteiger partial charge >= 0.3 is 0 Å². The van der Waals surface area contributed by atoms with E-state index in [4.69, 9.17) is 8.83 Å². The van der Waals surface area contributed by atoms with Gasteiger partial charge in [0.05, 0.1) is 6.04 Å². The van der Waals surface area contributed by atoms with E-state index in [1.165, 1.54) is 5.56 Å². The van der Waals surface area contributed by atoms with Crippen molar-refractivity contribution in [2.45, 2.75) is 59.4 Å². The van der Waals surface area contributed by atoms with Gasteiger partial charge in [0.15, 0.2) is 0 Å². The number of fused-ring (bicyclic) bond motifs is 1. The van der Waals surface area contributed by atoms with Crippen LogP contribution in [-0.4, -0.2) is 16.1 Å². The highest BCUT2D eigenvalue weighted by molar-refractivity contribution is 5.76. The molecule has 6 nitrogen and oxygen atoms in total.